The number of hydrogen-bond donors (Lipinski definition) is 1. The lowest BCUT2D eigenvalue weighted by Gasteiger charge is -2.23. The van der Waals surface area contributed by atoms with Crippen LogP contribution < -0.4 is 9.73 Å². The fourth-order valence-electron chi connectivity index (χ4n) is 2.82. The molecule has 170 valence electrons. The molecule has 1 N–H and O–H groups in total. The molecule has 33 heavy (non-hydrogen) atoms. The van der Waals surface area contributed by atoms with Crippen LogP contribution in [0.1, 0.15) is 11.1 Å². The second-order valence-corrected chi connectivity index (χ2v) is 9.25. The number of sulfonamides is 1. The minimum absolute atomic E-state index is 0.0274. The van der Waals surface area contributed by atoms with E-state index in [2.05, 4.69) is 10.5 Å². The molecule has 0 aliphatic rings. The highest BCUT2D eigenvalue weighted by molar-refractivity contribution is 7.92. The van der Waals surface area contributed by atoms with Gasteiger partial charge in [0, 0.05) is 22.7 Å². The summed E-state index contributed by atoms with van der Waals surface area (Å²) in [7, 11) is -4.08. The monoisotopic (exact) mass is 486 g/mol. The Kier molecular flexibility index (Phi) is 7.41. The summed E-state index contributed by atoms with van der Waals surface area (Å²) in [5.41, 5.74) is 3.76. The summed E-state index contributed by atoms with van der Waals surface area (Å²) >= 11 is 5.87. The number of aryl methyl sites for hydroxylation is 1. The maximum Gasteiger partial charge on any atom is 0.270 e. The molecule has 3 aromatic rings. The van der Waals surface area contributed by atoms with E-state index in [0.717, 1.165) is 9.87 Å². The molecular formula is C22H19ClN4O5S. The van der Waals surface area contributed by atoms with Gasteiger partial charge in [0.2, 0.25) is 0 Å². The zero-order chi connectivity index (χ0) is 24.0. The highest BCUT2D eigenvalue weighted by Crippen LogP contribution is 2.25. The average Bonchev–Trinajstić information content (AvgIpc) is 2.78. The lowest BCUT2D eigenvalue weighted by Crippen LogP contribution is -2.39. The van der Waals surface area contributed by atoms with E-state index >= 15 is 0 Å². The van der Waals surface area contributed by atoms with Crippen LogP contribution in [0.5, 0.6) is 0 Å². The van der Waals surface area contributed by atoms with Gasteiger partial charge in [0.25, 0.3) is 21.6 Å². The van der Waals surface area contributed by atoms with E-state index in [-0.39, 0.29) is 10.6 Å². The Balaban J connectivity index is 1.82. The third-order valence-electron chi connectivity index (χ3n) is 4.49. The van der Waals surface area contributed by atoms with Crippen molar-refractivity contribution in [1.29, 1.82) is 0 Å². The number of anilines is 1. The number of nitro groups is 1. The van der Waals surface area contributed by atoms with Crippen molar-refractivity contribution >= 4 is 45.1 Å². The van der Waals surface area contributed by atoms with Gasteiger partial charge in [-0.15, -0.1) is 0 Å². The molecule has 3 aromatic carbocycles. The van der Waals surface area contributed by atoms with Crippen LogP contribution >= 0.6 is 11.6 Å². The first-order valence-corrected chi connectivity index (χ1v) is 11.4. The summed E-state index contributed by atoms with van der Waals surface area (Å²) in [5, 5.41) is 15.0. The number of halogens is 1. The van der Waals surface area contributed by atoms with Crippen LogP contribution in [0.3, 0.4) is 0 Å². The smallest absolute Gasteiger partial charge is 0.270 e. The molecule has 0 unspecified atom stereocenters. The number of nitrogens with zero attached hydrogens (tertiary/aromatic N) is 3. The van der Waals surface area contributed by atoms with Gasteiger partial charge in [-0.1, -0.05) is 41.4 Å². The quantitative estimate of drug-likeness (QED) is 0.294. The molecule has 0 radical (unpaired) electrons. The zero-order valence-corrected chi connectivity index (χ0v) is 19.0. The average molecular weight is 487 g/mol. The van der Waals surface area contributed by atoms with E-state index in [1.54, 1.807) is 30.3 Å². The van der Waals surface area contributed by atoms with Crippen LogP contribution in [0.2, 0.25) is 5.02 Å². The Morgan fingerprint density at radius 1 is 1.12 bits per heavy atom. The van der Waals surface area contributed by atoms with Crippen LogP contribution in [-0.4, -0.2) is 32.0 Å². The number of amides is 1. The van der Waals surface area contributed by atoms with E-state index in [4.69, 9.17) is 11.6 Å². The lowest BCUT2D eigenvalue weighted by molar-refractivity contribution is -0.384. The van der Waals surface area contributed by atoms with Crippen molar-refractivity contribution in [2.24, 2.45) is 5.10 Å². The van der Waals surface area contributed by atoms with Crippen molar-refractivity contribution in [3.05, 3.63) is 99.1 Å². The molecule has 0 aromatic heterocycles. The van der Waals surface area contributed by atoms with Gasteiger partial charge in [0.1, 0.15) is 6.54 Å². The van der Waals surface area contributed by atoms with Crippen LogP contribution in [0.25, 0.3) is 0 Å². The molecule has 0 atom stereocenters. The molecule has 0 saturated heterocycles. The number of carbonyl (C=O) groups is 1. The van der Waals surface area contributed by atoms with Gasteiger partial charge in [0.15, 0.2) is 0 Å². The first-order valence-electron chi connectivity index (χ1n) is 9.58. The normalized spacial score (nSPS) is 11.3. The Labute approximate surface area is 195 Å². The predicted molar refractivity (Wildman–Crippen MR) is 126 cm³/mol. The summed E-state index contributed by atoms with van der Waals surface area (Å²) in [6, 6.07) is 18.0. The van der Waals surface area contributed by atoms with Crippen molar-refractivity contribution < 1.29 is 18.1 Å². The van der Waals surface area contributed by atoms with Gasteiger partial charge >= 0.3 is 0 Å². The fourth-order valence-corrected chi connectivity index (χ4v) is 4.37. The molecule has 0 fully saturated rings. The van der Waals surface area contributed by atoms with Gasteiger partial charge < -0.3 is 0 Å². The number of hydrazone groups is 1. The van der Waals surface area contributed by atoms with Crippen LogP contribution in [0.4, 0.5) is 11.4 Å². The predicted octanol–water partition coefficient (Wildman–Crippen LogP) is 3.90. The van der Waals surface area contributed by atoms with Crippen molar-refractivity contribution in [1.82, 2.24) is 5.43 Å². The molecule has 0 aliphatic heterocycles. The third kappa shape index (κ3) is 6.15. The van der Waals surface area contributed by atoms with Crippen LogP contribution in [0, 0.1) is 17.0 Å². The Morgan fingerprint density at radius 2 is 1.79 bits per heavy atom. The molecule has 0 bridgehead atoms. The summed E-state index contributed by atoms with van der Waals surface area (Å²) in [6.07, 6.45) is 1.23. The van der Waals surface area contributed by atoms with Crippen molar-refractivity contribution in [2.45, 2.75) is 11.8 Å². The van der Waals surface area contributed by atoms with E-state index in [9.17, 15) is 23.3 Å². The Bertz CT molecular complexity index is 1290. The van der Waals surface area contributed by atoms with Crippen LogP contribution in [0.15, 0.2) is 82.8 Å². The van der Waals surface area contributed by atoms with Crippen molar-refractivity contribution in [2.75, 3.05) is 10.8 Å². The van der Waals surface area contributed by atoms with Crippen molar-refractivity contribution in [3.63, 3.8) is 0 Å². The SMILES string of the molecule is Cc1ccc(N(CC(=O)N/N=C\c2cccc([N+](=O)[O-])c2)S(=O)(=O)c2ccc(Cl)cc2)cc1. The van der Waals surface area contributed by atoms with Gasteiger partial charge in [-0.25, -0.2) is 13.8 Å². The molecule has 0 saturated carbocycles. The standard InChI is InChI=1S/C22H19ClN4O5S/c1-16-5-9-19(10-6-16)26(33(31,32)21-11-7-18(23)8-12-21)15-22(28)25-24-14-17-3-2-4-20(13-17)27(29)30/h2-14H,15H2,1H3,(H,25,28)/b24-14-. The van der Waals surface area contributed by atoms with E-state index < -0.39 is 27.4 Å². The van der Waals surface area contributed by atoms with Crippen LogP contribution in [-0.2, 0) is 14.8 Å². The summed E-state index contributed by atoms with van der Waals surface area (Å²) in [5.74, 6) is -0.699. The van der Waals surface area contributed by atoms with Gasteiger partial charge in [-0.05, 0) is 43.3 Å². The minimum atomic E-state index is -4.08. The van der Waals surface area contributed by atoms with Gasteiger partial charge in [0.05, 0.1) is 21.7 Å². The highest BCUT2D eigenvalue weighted by Gasteiger charge is 2.27. The lowest BCUT2D eigenvalue weighted by atomic mass is 10.2. The second-order valence-electron chi connectivity index (χ2n) is 6.95. The number of hydrogen-bond acceptors (Lipinski definition) is 6. The van der Waals surface area contributed by atoms with E-state index in [0.29, 0.717) is 16.3 Å². The highest BCUT2D eigenvalue weighted by atomic mass is 35.5. The number of carbonyl (C=O) groups excluding carboxylic acids is 1. The zero-order valence-electron chi connectivity index (χ0n) is 17.4. The Morgan fingerprint density at radius 3 is 2.42 bits per heavy atom. The van der Waals surface area contributed by atoms with Gasteiger partial charge in [-0.2, -0.15) is 5.10 Å². The third-order valence-corrected chi connectivity index (χ3v) is 6.53. The van der Waals surface area contributed by atoms with E-state index in [1.807, 2.05) is 6.92 Å². The molecule has 0 heterocycles. The largest absolute Gasteiger partial charge is 0.271 e. The molecule has 11 heteroatoms. The number of rotatable bonds is 8. The molecule has 0 aliphatic carbocycles. The van der Waals surface area contributed by atoms with Crippen molar-refractivity contribution in [3.8, 4) is 0 Å². The summed E-state index contributed by atoms with van der Waals surface area (Å²) in [4.78, 5) is 22.8. The summed E-state index contributed by atoms with van der Waals surface area (Å²) < 4.78 is 27.5. The molecule has 9 nitrogen and oxygen atoms in total. The number of non-ortho nitro benzene ring substituents is 1. The molecular weight excluding hydrogens is 468 g/mol. The molecule has 0 spiro atoms. The van der Waals surface area contributed by atoms with E-state index in [1.165, 1.54) is 48.7 Å². The molecule has 3 rings (SSSR count). The fraction of sp³-hybridized carbons (Fsp3) is 0.0909. The van der Waals surface area contributed by atoms with Gasteiger partial charge in [-0.3, -0.25) is 19.2 Å². The number of benzene rings is 3. The first-order chi connectivity index (χ1) is 15.7. The minimum Gasteiger partial charge on any atom is -0.271 e. The first kappa shape index (κ1) is 23.9. The second kappa shape index (κ2) is 10.2. The number of nitro benzene ring substituents is 1. The Hall–Kier alpha value is -3.76. The maximum absolute atomic E-state index is 13.3. The number of nitrogens with one attached hydrogen (secondary N) is 1. The molecule has 1 amide bonds. The summed E-state index contributed by atoms with van der Waals surface area (Å²) in [6.45, 7) is 1.32. The maximum atomic E-state index is 13.3. The topological polar surface area (TPSA) is 122 Å².